The number of carbonyl (C=O) groups is 1. The Morgan fingerprint density at radius 1 is 1.12 bits per heavy atom. The van der Waals surface area contributed by atoms with Gasteiger partial charge < -0.3 is 14.8 Å². The van der Waals surface area contributed by atoms with Gasteiger partial charge in [-0.15, -0.1) is 0 Å². The molecule has 0 saturated carbocycles. The molecule has 3 rings (SSSR count). The molecular weight excluding hydrogens is 506 g/mol. The first-order valence-electron chi connectivity index (χ1n) is 10.3. The molecule has 1 amide bonds. The van der Waals surface area contributed by atoms with Crippen LogP contribution in [0.25, 0.3) is 0 Å². The predicted octanol–water partition coefficient (Wildman–Crippen LogP) is 1.57. The van der Waals surface area contributed by atoms with Crippen molar-refractivity contribution in [3.05, 3.63) is 53.1 Å². The van der Waals surface area contributed by atoms with Crippen molar-refractivity contribution in [3.8, 4) is 5.75 Å². The van der Waals surface area contributed by atoms with Gasteiger partial charge in [-0.25, -0.2) is 16.8 Å². The molecule has 0 bridgehead atoms. The highest BCUT2D eigenvalue weighted by Gasteiger charge is 2.26. The zero-order valence-corrected chi connectivity index (χ0v) is 21.1. The molecule has 186 valence electrons. The summed E-state index contributed by atoms with van der Waals surface area (Å²) in [5.41, 5.74) is 0.538. The molecule has 0 aromatic heterocycles. The SMILES string of the molecule is CN(c1ccc(C(=O)NCCOc2ccc(S(=O)(=O)N3CCOCC3)cc2)c(Cl)c1)S(C)(=O)=O. The van der Waals surface area contributed by atoms with Crippen LogP contribution in [-0.2, 0) is 24.8 Å². The van der Waals surface area contributed by atoms with Crippen LogP contribution in [-0.4, -0.2) is 79.8 Å². The van der Waals surface area contributed by atoms with Crippen LogP contribution in [0.2, 0.25) is 5.02 Å². The lowest BCUT2D eigenvalue weighted by atomic mass is 10.2. The fourth-order valence-corrected chi connectivity index (χ4v) is 5.31. The molecule has 0 radical (unpaired) electrons. The van der Waals surface area contributed by atoms with E-state index in [1.165, 1.54) is 41.7 Å². The molecule has 0 unspecified atom stereocenters. The van der Waals surface area contributed by atoms with Gasteiger partial charge in [0.25, 0.3) is 5.91 Å². The summed E-state index contributed by atoms with van der Waals surface area (Å²) in [6.07, 6.45) is 1.07. The molecular formula is C21H26ClN3O7S2. The maximum Gasteiger partial charge on any atom is 0.252 e. The molecule has 13 heteroatoms. The van der Waals surface area contributed by atoms with Crippen molar-refractivity contribution in [1.82, 2.24) is 9.62 Å². The number of halogens is 1. The number of anilines is 1. The highest BCUT2D eigenvalue weighted by atomic mass is 35.5. The summed E-state index contributed by atoms with van der Waals surface area (Å²) in [5, 5.41) is 2.79. The van der Waals surface area contributed by atoms with Gasteiger partial charge in [-0.1, -0.05) is 11.6 Å². The van der Waals surface area contributed by atoms with Gasteiger partial charge >= 0.3 is 0 Å². The number of nitrogens with zero attached hydrogens (tertiary/aromatic N) is 2. The van der Waals surface area contributed by atoms with Gasteiger partial charge in [0.1, 0.15) is 12.4 Å². The third kappa shape index (κ3) is 6.39. The number of rotatable bonds is 9. The van der Waals surface area contributed by atoms with Crippen molar-refractivity contribution in [2.45, 2.75) is 4.90 Å². The summed E-state index contributed by atoms with van der Waals surface area (Å²) in [6.45, 7) is 1.71. The van der Waals surface area contributed by atoms with Crippen molar-refractivity contribution >= 4 is 43.2 Å². The van der Waals surface area contributed by atoms with Crippen LogP contribution in [0.5, 0.6) is 5.75 Å². The first-order chi connectivity index (χ1) is 16.0. The number of ether oxygens (including phenoxy) is 2. The van der Waals surface area contributed by atoms with Gasteiger partial charge in [0, 0.05) is 20.1 Å². The highest BCUT2D eigenvalue weighted by Crippen LogP contribution is 2.24. The number of amides is 1. The van der Waals surface area contributed by atoms with Crippen molar-refractivity contribution in [2.24, 2.45) is 0 Å². The second-order valence-electron chi connectivity index (χ2n) is 7.49. The lowest BCUT2D eigenvalue weighted by Gasteiger charge is -2.26. The molecule has 1 aliphatic rings. The van der Waals surface area contributed by atoms with Crippen LogP contribution in [0.4, 0.5) is 5.69 Å². The molecule has 34 heavy (non-hydrogen) atoms. The number of carbonyl (C=O) groups excluding carboxylic acids is 1. The lowest BCUT2D eigenvalue weighted by Crippen LogP contribution is -2.40. The fourth-order valence-electron chi connectivity index (χ4n) is 3.15. The Labute approximate surface area is 204 Å². The van der Waals surface area contributed by atoms with E-state index < -0.39 is 26.0 Å². The molecule has 1 heterocycles. The van der Waals surface area contributed by atoms with Crippen LogP contribution < -0.4 is 14.4 Å². The number of nitrogens with one attached hydrogen (secondary N) is 1. The summed E-state index contributed by atoms with van der Waals surface area (Å²) in [7, 11) is -5.63. The fraction of sp³-hybridized carbons (Fsp3) is 0.381. The molecule has 2 aromatic carbocycles. The minimum atomic E-state index is -3.57. The van der Waals surface area contributed by atoms with Gasteiger partial charge in [0.2, 0.25) is 20.0 Å². The van der Waals surface area contributed by atoms with Crippen LogP contribution in [0.15, 0.2) is 47.4 Å². The molecule has 10 nitrogen and oxygen atoms in total. The number of morpholine rings is 1. The third-order valence-corrected chi connectivity index (χ3v) is 8.58. The van der Waals surface area contributed by atoms with Gasteiger partial charge in [-0.2, -0.15) is 4.31 Å². The number of hydrogen-bond donors (Lipinski definition) is 1. The van der Waals surface area contributed by atoms with Crippen molar-refractivity contribution in [2.75, 3.05) is 57.1 Å². The zero-order valence-electron chi connectivity index (χ0n) is 18.7. The summed E-state index contributed by atoms with van der Waals surface area (Å²) in [6, 6.07) is 10.4. The topological polar surface area (TPSA) is 122 Å². The quantitative estimate of drug-likeness (QED) is 0.487. The van der Waals surface area contributed by atoms with Crippen LogP contribution >= 0.6 is 11.6 Å². The Kier molecular flexibility index (Phi) is 8.42. The van der Waals surface area contributed by atoms with E-state index in [9.17, 15) is 21.6 Å². The van der Waals surface area contributed by atoms with Gasteiger partial charge in [0.05, 0.1) is 47.2 Å². The average Bonchev–Trinajstić information content (AvgIpc) is 2.81. The van der Waals surface area contributed by atoms with Gasteiger partial charge in [0.15, 0.2) is 0 Å². The lowest BCUT2D eigenvalue weighted by molar-refractivity contribution is 0.0730. The van der Waals surface area contributed by atoms with E-state index in [1.54, 1.807) is 12.1 Å². The van der Waals surface area contributed by atoms with Crippen LogP contribution in [0.1, 0.15) is 10.4 Å². The Morgan fingerprint density at radius 3 is 2.35 bits per heavy atom. The molecule has 0 spiro atoms. The summed E-state index contributed by atoms with van der Waals surface area (Å²) < 4.78 is 61.8. The van der Waals surface area contributed by atoms with Gasteiger partial charge in [-0.3, -0.25) is 9.10 Å². The first kappa shape index (κ1) is 26.2. The second-order valence-corrected chi connectivity index (χ2v) is 11.8. The largest absolute Gasteiger partial charge is 0.492 e. The molecule has 2 aromatic rings. The third-order valence-electron chi connectivity index (χ3n) is 5.15. The summed E-state index contributed by atoms with van der Waals surface area (Å²) in [5.74, 6) is 0.0236. The van der Waals surface area contributed by atoms with E-state index in [1.807, 2.05) is 0 Å². The monoisotopic (exact) mass is 531 g/mol. The van der Waals surface area contributed by atoms with Crippen LogP contribution in [0, 0.1) is 0 Å². The molecule has 1 N–H and O–H groups in total. The Hall–Kier alpha value is -2.38. The average molecular weight is 532 g/mol. The Balaban J connectivity index is 1.51. The Bertz CT molecular complexity index is 1230. The van der Waals surface area contributed by atoms with Crippen molar-refractivity contribution in [1.29, 1.82) is 0 Å². The standard InChI is InChI=1S/C21H26ClN3O7S2/c1-24(33(2,27)28)16-3-8-19(20(22)15-16)21(26)23-9-12-32-17-4-6-18(7-5-17)34(29,30)25-10-13-31-14-11-25/h3-8,15H,9-14H2,1-2H3,(H,23,26). The van der Waals surface area contributed by atoms with E-state index in [0.717, 1.165) is 10.6 Å². The van der Waals surface area contributed by atoms with E-state index in [2.05, 4.69) is 5.32 Å². The normalized spacial score (nSPS) is 15.0. The minimum Gasteiger partial charge on any atom is -0.492 e. The predicted molar refractivity (Wildman–Crippen MR) is 129 cm³/mol. The smallest absolute Gasteiger partial charge is 0.252 e. The van der Waals surface area contributed by atoms with E-state index in [4.69, 9.17) is 21.1 Å². The highest BCUT2D eigenvalue weighted by molar-refractivity contribution is 7.92. The first-order valence-corrected chi connectivity index (χ1v) is 14.0. The number of sulfonamides is 2. The minimum absolute atomic E-state index is 0.114. The molecule has 1 aliphatic heterocycles. The summed E-state index contributed by atoms with van der Waals surface area (Å²) >= 11 is 6.16. The van der Waals surface area contributed by atoms with E-state index in [-0.39, 0.29) is 28.6 Å². The van der Waals surface area contributed by atoms with E-state index >= 15 is 0 Å². The molecule has 1 saturated heterocycles. The molecule has 0 aliphatic carbocycles. The van der Waals surface area contributed by atoms with Crippen molar-refractivity contribution in [3.63, 3.8) is 0 Å². The van der Waals surface area contributed by atoms with Crippen LogP contribution in [0.3, 0.4) is 0 Å². The van der Waals surface area contributed by atoms with Crippen molar-refractivity contribution < 1.29 is 31.1 Å². The maximum atomic E-state index is 12.6. The number of benzene rings is 2. The Morgan fingerprint density at radius 2 is 1.76 bits per heavy atom. The maximum absolute atomic E-state index is 12.6. The molecule has 1 fully saturated rings. The summed E-state index contributed by atoms with van der Waals surface area (Å²) in [4.78, 5) is 12.6. The zero-order chi connectivity index (χ0) is 24.9. The molecule has 0 atom stereocenters. The second kappa shape index (κ2) is 10.9. The van der Waals surface area contributed by atoms with E-state index in [0.29, 0.717) is 37.7 Å². The number of hydrogen-bond acceptors (Lipinski definition) is 7. The van der Waals surface area contributed by atoms with Gasteiger partial charge in [-0.05, 0) is 42.5 Å².